The second-order valence-corrected chi connectivity index (χ2v) is 4.16. The molecule has 0 N–H and O–H groups in total. The largest absolute Gasteiger partial charge is 1.00 e. The fraction of sp³-hybridized carbons (Fsp3) is 0.231. The number of aromatic carboxylic acids is 2. The molecule has 0 saturated heterocycles. The Kier molecular flexibility index (Phi) is 17.5. The molecule has 0 aliphatic rings. The number of hydrogen-bond donors (Lipinski definition) is 0. The number of carboxylic acid groups (broad SMARTS) is 3. The van der Waals surface area contributed by atoms with Crippen LogP contribution in [0.4, 0.5) is 0 Å². The minimum Gasteiger partial charge on any atom is -0.549 e. The van der Waals surface area contributed by atoms with Gasteiger partial charge in [0.25, 0.3) is 0 Å². The van der Waals surface area contributed by atoms with Gasteiger partial charge in [0.2, 0.25) is 0 Å². The molecule has 0 unspecified atom stereocenters. The van der Waals surface area contributed by atoms with Crippen molar-refractivity contribution in [3.05, 3.63) is 34.9 Å². The molecule has 1 rings (SSSR count). The number of aliphatic carboxylic acids is 1. The molecule has 0 radical (unpaired) electrons. The smallest absolute Gasteiger partial charge is 0.549 e. The quantitative estimate of drug-likeness (QED) is 0.328. The summed E-state index contributed by atoms with van der Waals surface area (Å²) in [5.41, 5.74) is -0.810. The first-order valence-electron chi connectivity index (χ1n) is 5.76. The van der Waals surface area contributed by atoms with Gasteiger partial charge in [-0.1, -0.05) is 12.1 Å². The molecule has 0 bridgehead atoms. The first kappa shape index (κ1) is 29.0. The normalized spacial score (nSPS) is 9.04. The van der Waals surface area contributed by atoms with E-state index in [1.807, 2.05) is 0 Å². The summed E-state index contributed by atoms with van der Waals surface area (Å²) < 4.78 is 0. The van der Waals surface area contributed by atoms with Crippen LogP contribution in [-0.4, -0.2) is 42.2 Å². The Labute approximate surface area is 204 Å². The molecule has 0 spiro atoms. The summed E-state index contributed by atoms with van der Waals surface area (Å²) in [6.07, 6.45) is 0.484. The molecule has 24 heavy (non-hydrogen) atoms. The molecule has 11 heteroatoms. The van der Waals surface area contributed by atoms with Crippen molar-refractivity contribution >= 4 is 24.2 Å². The number of carbonyl (C=O) groups is 4. The summed E-state index contributed by atoms with van der Waals surface area (Å²) in [6.45, 7) is -0.793. The van der Waals surface area contributed by atoms with Crippen LogP contribution < -0.4 is 104 Å². The van der Waals surface area contributed by atoms with Gasteiger partial charge in [-0.2, -0.15) is 0 Å². The van der Waals surface area contributed by atoms with Gasteiger partial charge in [-0.15, -0.1) is 0 Å². The molecule has 8 nitrogen and oxygen atoms in total. The number of carboxylic acids is 3. The molecule has 1 aromatic carbocycles. The number of rotatable bonds is 8. The average Bonchev–Trinajstić information content (AvgIpc) is 2.37. The Morgan fingerprint density at radius 1 is 0.958 bits per heavy atom. The van der Waals surface area contributed by atoms with Crippen LogP contribution in [0.5, 0.6) is 0 Å². The van der Waals surface area contributed by atoms with E-state index < -0.39 is 35.6 Å². The summed E-state index contributed by atoms with van der Waals surface area (Å²) in [4.78, 5) is 43.8. The van der Waals surface area contributed by atoms with E-state index in [0.29, 0.717) is 11.8 Å². The maximum Gasteiger partial charge on any atom is 1.00 e. The van der Waals surface area contributed by atoms with Crippen LogP contribution >= 0.6 is 0 Å². The predicted molar refractivity (Wildman–Crippen MR) is 61.5 cm³/mol. The van der Waals surface area contributed by atoms with Crippen molar-refractivity contribution in [2.75, 3.05) is 13.1 Å². The number of hydrogen-bond acceptors (Lipinski definition) is 8. The van der Waals surface area contributed by atoms with Gasteiger partial charge in [0.1, 0.15) is 6.29 Å². The predicted octanol–water partition coefficient (Wildman–Crippen LogP) is -12.8. The maximum absolute atomic E-state index is 10.9. The number of aldehydes is 1. The molecule has 112 valence electrons. The van der Waals surface area contributed by atoms with Crippen molar-refractivity contribution in [3.63, 3.8) is 0 Å². The van der Waals surface area contributed by atoms with Gasteiger partial charge in [0.15, 0.2) is 0 Å². The minimum atomic E-state index is -1.70. The van der Waals surface area contributed by atoms with Crippen LogP contribution in [0.1, 0.15) is 26.3 Å². The van der Waals surface area contributed by atoms with E-state index in [4.69, 9.17) is 0 Å². The Bertz CT molecular complexity index is 595. The van der Waals surface area contributed by atoms with Gasteiger partial charge in [0, 0.05) is 24.2 Å². The third-order valence-corrected chi connectivity index (χ3v) is 2.62. The molecule has 0 atom stereocenters. The number of nitrogens with zero attached hydrogens (tertiary/aromatic N) is 1. The van der Waals surface area contributed by atoms with Crippen molar-refractivity contribution in [3.8, 4) is 0 Å². The third kappa shape index (κ3) is 9.67. The van der Waals surface area contributed by atoms with Crippen LogP contribution in [0.15, 0.2) is 18.2 Å². The molecule has 0 aromatic heterocycles. The summed E-state index contributed by atoms with van der Waals surface area (Å²) in [7, 11) is 0. The van der Waals surface area contributed by atoms with E-state index in [-0.39, 0.29) is 102 Å². The summed E-state index contributed by atoms with van der Waals surface area (Å²) in [6, 6.07) is 3.35. The van der Waals surface area contributed by atoms with Gasteiger partial charge in [-0.25, -0.2) is 0 Å². The first-order valence-corrected chi connectivity index (χ1v) is 5.76. The zero-order valence-corrected chi connectivity index (χ0v) is 19.7. The fourth-order valence-electron chi connectivity index (χ4n) is 1.77. The third-order valence-electron chi connectivity index (χ3n) is 2.62. The van der Waals surface area contributed by atoms with Crippen molar-refractivity contribution in [2.45, 2.75) is 6.54 Å². The van der Waals surface area contributed by atoms with Gasteiger partial charge in [-0.3, -0.25) is 4.90 Å². The fourth-order valence-corrected chi connectivity index (χ4v) is 1.77. The SMILES string of the molecule is O=CCN(CC(=O)[O-])Cc1ccc(C(=O)[O-])c(C(=O)[O-])c1.[Na+].[Na+].[Na+]. The second-order valence-electron chi connectivity index (χ2n) is 4.16. The summed E-state index contributed by atoms with van der Waals surface area (Å²) in [5, 5.41) is 32.2. The number of benzene rings is 1. The maximum atomic E-state index is 10.9. The van der Waals surface area contributed by atoms with Crippen molar-refractivity contribution in [1.82, 2.24) is 4.90 Å². The molecule has 0 saturated carbocycles. The first-order chi connectivity index (χ1) is 9.85. The zero-order chi connectivity index (χ0) is 16.0. The standard InChI is InChI=1S/C13H13NO7.3Na/c15-4-3-14(7-11(16)17)6-8-1-2-9(12(18)19)10(5-8)13(20)21;;;/h1-2,4-5H,3,6-7H2,(H,16,17)(H,18,19)(H,20,21);;;/q;3*+1/p-3. The molecule has 0 fully saturated rings. The van der Waals surface area contributed by atoms with E-state index >= 15 is 0 Å². The van der Waals surface area contributed by atoms with Gasteiger partial charge >= 0.3 is 88.7 Å². The monoisotopic (exact) mass is 361 g/mol. The Hall–Kier alpha value is 0.260. The van der Waals surface area contributed by atoms with Gasteiger partial charge in [-0.05, 0) is 11.6 Å². The van der Waals surface area contributed by atoms with E-state index in [0.717, 1.165) is 12.1 Å². The Morgan fingerprint density at radius 3 is 1.92 bits per heavy atom. The van der Waals surface area contributed by atoms with Crippen LogP contribution in [0.25, 0.3) is 0 Å². The van der Waals surface area contributed by atoms with Crippen LogP contribution in [-0.2, 0) is 16.1 Å². The van der Waals surface area contributed by atoms with Crippen molar-refractivity contribution in [2.24, 2.45) is 0 Å². The van der Waals surface area contributed by atoms with Crippen LogP contribution in [0, 0.1) is 0 Å². The van der Waals surface area contributed by atoms with E-state index in [2.05, 4.69) is 0 Å². The molecular formula is C13H10NNa3O7. The minimum absolute atomic E-state index is 0. The van der Waals surface area contributed by atoms with Gasteiger partial charge in [0.05, 0.1) is 24.5 Å². The van der Waals surface area contributed by atoms with E-state index in [1.165, 1.54) is 11.0 Å². The Balaban J connectivity index is -0.00000147. The van der Waals surface area contributed by atoms with E-state index in [9.17, 15) is 34.5 Å². The van der Waals surface area contributed by atoms with Crippen molar-refractivity contribution in [1.29, 1.82) is 0 Å². The average molecular weight is 361 g/mol. The Morgan fingerprint density at radius 2 is 1.50 bits per heavy atom. The topological polar surface area (TPSA) is 141 Å². The van der Waals surface area contributed by atoms with Crippen molar-refractivity contribution < 1.29 is 123 Å². The second kappa shape index (κ2) is 14.4. The van der Waals surface area contributed by atoms with Gasteiger partial charge < -0.3 is 34.5 Å². The van der Waals surface area contributed by atoms with E-state index in [1.54, 1.807) is 0 Å². The molecule has 0 heterocycles. The molecule has 0 aliphatic carbocycles. The van der Waals surface area contributed by atoms with Crippen LogP contribution in [0.3, 0.4) is 0 Å². The summed E-state index contributed by atoms with van der Waals surface area (Å²) >= 11 is 0. The molecular weight excluding hydrogens is 351 g/mol. The number of carbonyl (C=O) groups excluding carboxylic acids is 4. The van der Waals surface area contributed by atoms with Crippen LogP contribution in [0.2, 0.25) is 0 Å². The summed E-state index contributed by atoms with van der Waals surface area (Å²) in [5.74, 6) is -4.76. The molecule has 0 amide bonds. The molecule has 1 aromatic rings. The molecule has 0 aliphatic heterocycles. The zero-order valence-electron chi connectivity index (χ0n) is 13.7.